The van der Waals surface area contributed by atoms with E-state index in [4.69, 9.17) is 10.3 Å². The van der Waals surface area contributed by atoms with Crippen LogP contribution in [0.5, 0.6) is 0 Å². The summed E-state index contributed by atoms with van der Waals surface area (Å²) in [6.45, 7) is 4.29. The van der Waals surface area contributed by atoms with Crippen LogP contribution in [0.1, 0.15) is 20.3 Å². The molecule has 3 N–H and O–H groups in total. The molecule has 0 spiro atoms. The number of hydrogen-bond donors (Lipinski definition) is 2. The second-order valence-corrected chi connectivity index (χ2v) is 4.98. The maximum Gasteiger partial charge on any atom is 0.265 e. The molecule has 0 amide bonds. The van der Waals surface area contributed by atoms with Crippen LogP contribution in [0.4, 0.5) is 0 Å². The third-order valence-corrected chi connectivity index (χ3v) is 2.48. The van der Waals surface area contributed by atoms with Crippen molar-refractivity contribution in [2.75, 3.05) is 12.3 Å². The summed E-state index contributed by atoms with van der Waals surface area (Å²) >= 11 is 0. The van der Waals surface area contributed by atoms with Crippen molar-refractivity contribution in [1.82, 2.24) is 0 Å². The summed E-state index contributed by atoms with van der Waals surface area (Å²) in [5.74, 6) is 0.0575. The third-order valence-electron chi connectivity index (χ3n) is 1.58. The Balaban J connectivity index is 4.01. The van der Waals surface area contributed by atoms with E-state index < -0.39 is 10.1 Å². The molecular weight excluding hydrogens is 178 g/mol. The fourth-order valence-corrected chi connectivity index (χ4v) is 2.06. The molecule has 0 fully saturated rings. The molecule has 0 rings (SSSR count). The summed E-state index contributed by atoms with van der Waals surface area (Å²) in [6, 6.07) is 0. The second-order valence-electron chi connectivity index (χ2n) is 3.48. The monoisotopic (exact) mass is 195 g/mol. The minimum Gasteiger partial charge on any atom is -0.330 e. The van der Waals surface area contributed by atoms with Gasteiger partial charge in [0.15, 0.2) is 0 Å². The topological polar surface area (TPSA) is 80.4 Å². The van der Waals surface area contributed by atoms with E-state index in [0.717, 1.165) is 6.42 Å². The molecule has 1 atom stereocenters. The van der Waals surface area contributed by atoms with Crippen molar-refractivity contribution < 1.29 is 13.0 Å². The number of rotatable bonds is 5. The Kier molecular flexibility index (Phi) is 4.74. The van der Waals surface area contributed by atoms with Gasteiger partial charge in [0.05, 0.1) is 5.75 Å². The van der Waals surface area contributed by atoms with E-state index in [0.29, 0.717) is 12.5 Å². The molecule has 74 valence electrons. The maximum absolute atomic E-state index is 10.5. The molecule has 0 saturated carbocycles. The first-order chi connectivity index (χ1) is 5.35. The van der Waals surface area contributed by atoms with Crippen LogP contribution in [-0.2, 0) is 10.1 Å². The van der Waals surface area contributed by atoms with Crippen LogP contribution in [0.2, 0.25) is 0 Å². The minimum absolute atomic E-state index is 0.125. The quantitative estimate of drug-likeness (QED) is 0.626. The summed E-state index contributed by atoms with van der Waals surface area (Å²) in [5, 5.41) is 0. The Bertz CT molecular complexity index is 211. The Morgan fingerprint density at radius 3 is 2.17 bits per heavy atom. The average Bonchev–Trinajstić information content (AvgIpc) is 1.82. The van der Waals surface area contributed by atoms with Gasteiger partial charge in [0, 0.05) is 0 Å². The molecular formula is C7H17NO3S. The predicted molar refractivity (Wildman–Crippen MR) is 48.4 cm³/mol. The van der Waals surface area contributed by atoms with E-state index in [1.807, 2.05) is 13.8 Å². The van der Waals surface area contributed by atoms with Crippen molar-refractivity contribution in [2.45, 2.75) is 20.3 Å². The lowest BCUT2D eigenvalue weighted by Gasteiger charge is -2.14. The molecule has 0 bridgehead atoms. The van der Waals surface area contributed by atoms with Crippen LogP contribution in [0.25, 0.3) is 0 Å². The normalized spacial score (nSPS) is 15.1. The van der Waals surface area contributed by atoms with Crippen molar-refractivity contribution in [3.8, 4) is 0 Å². The lowest BCUT2D eigenvalue weighted by molar-refractivity contribution is 0.421. The average molecular weight is 195 g/mol. The van der Waals surface area contributed by atoms with Crippen LogP contribution in [0, 0.1) is 11.8 Å². The van der Waals surface area contributed by atoms with E-state index in [2.05, 4.69) is 0 Å². The van der Waals surface area contributed by atoms with Crippen LogP contribution in [0.15, 0.2) is 0 Å². The smallest absolute Gasteiger partial charge is 0.265 e. The van der Waals surface area contributed by atoms with E-state index in [1.54, 1.807) is 0 Å². The zero-order valence-electron chi connectivity index (χ0n) is 7.53. The van der Waals surface area contributed by atoms with Crippen molar-refractivity contribution in [1.29, 1.82) is 0 Å². The molecule has 12 heavy (non-hydrogen) atoms. The fraction of sp³-hybridized carbons (Fsp3) is 1.00. The summed E-state index contributed by atoms with van der Waals surface area (Å²) < 4.78 is 29.5. The second kappa shape index (κ2) is 4.79. The van der Waals surface area contributed by atoms with Gasteiger partial charge < -0.3 is 5.73 Å². The first-order valence-electron chi connectivity index (χ1n) is 4.00. The fourth-order valence-electron chi connectivity index (χ4n) is 1.20. The highest BCUT2D eigenvalue weighted by molar-refractivity contribution is 7.85. The molecule has 4 nitrogen and oxygen atoms in total. The van der Waals surface area contributed by atoms with Crippen molar-refractivity contribution in [3.63, 3.8) is 0 Å². The molecule has 0 saturated heterocycles. The Hall–Kier alpha value is -0.130. The summed E-state index contributed by atoms with van der Waals surface area (Å²) in [5.41, 5.74) is 5.35. The number of nitrogens with two attached hydrogens (primary N) is 1. The van der Waals surface area contributed by atoms with Crippen LogP contribution in [-0.4, -0.2) is 25.3 Å². The van der Waals surface area contributed by atoms with Crippen molar-refractivity contribution in [3.05, 3.63) is 0 Å². The molecule has 0 aromatic carbocycles. The van der Waals surface area contributed by atoms with E-state index in [-0.39, 0.29) is 11.7 Å². The first-order valence-corrected chi connectivity index (χ1v) is 5.61. The molecule has 5 heteroatoms. The maximum atomic E-state index is 10.5. The van der Waals surface area contributed by atoms with Crippen LogP contribution >= 0.6 is 0 Å². The summed E-state index contributed by atoms with van der Waals surface area (Å²) in [7, 11) is -3.86. The molecule has 0 aromatic heterocycles. The van der Waals surface area contributed by atoms with E-state index in [9.17, 15) is 8.42 Å². The van der Waals surface area contributed by atoms with Gasteiger partial charge in [-0.05, 0) is 24.8 Å². The Morgan fingerprint density at radius 2 is 1.92 bits per heavy atom. The van der Waals surface area contributed by atoms with Gasteiger partial charge >= 0.3 is 0 Å². The zero-order valence-corrected chi connectivity index (χ0v) is 8.34. The molecule has 0 aliphatic carbocycles. The highest BCUT2D eigenvalue weighted by Crippen LogP contribution is 2.11. The van der Waals surface area contributed by atoms with Gasteiger partial charge in [0.2, 0.25) is 0 Å². The van der Waals surface area contributed by atoms with E-state index >= 15 is 0 Å². The van der Waals surface area contributed by atoms with Gasteiger partial charge in [-0.15, -0.1) is 0 Å². The largest absolute Gasteiger partial charge is 0.330 e. The molecule has 0 radical (unpaired) electrons. The van der Waals surface area contributed by atoms with Crippen molar-refractivity contribution >= 4 is 10.1 Å². The van der Waals surface area contributed by atoms with E-state index in [1.165, 1.54) is 0 Å². The number of hydrogen-bond acceptors (Lipinski definition) is 3. The molecule has 0 unspecified atom stereocenters. The predicted octanol–water partition coefficient (Wildman–Crippen LogP) is 0.495. The molecule has 0 aliphatic heterocycles. The van der Waals surface area contributed by atoms with Gasteiger partial charge in [-0.2, -0.15) is 8.42 Å². The van der Waals surface area contributed by atoms with Gasteiger partial charge in [0.25, 0.3) is 10.1 Å². The van der Waals surface area contributed by atoms with Gasteiger partial charge in [-0.25, -0.2) is 0 Å². The van der Waals surface area contributed by atoms with Gasteiger partial charge in [-0.3, -0.25) is 4.55 Å². The molecule has 0 heterocycles. The lowest BCUT2D eigenvalue weighted by atomic mass is 9.99. The first kappa shape index (κ1) is 11.9. The highest BCUT2D eigenvalue weighted by Gasteiger charge is 2.16. The van der Waals surface area contributed by atoms with Crippen molar-refractivity contribution in [2.24, 2.45) is 17.6 Å². The van der Waals surface area contributed by atoms with Crippen LogP contribution < -0.4 is 5.73 Å². The molecule has 0 aromatic rings. The molecule has 0 aliphatic rings. The van der Waals surface area contributed by atoms with Gasteiger partial charge in [0.1, 0.15) is 0 Å². The Morgan fingerprint density at radius 1 is 1.42 bits per heavy atom. The van der Waals surface area contributed by atoms with Crippen LogP contribution in [0.3, 0.4) is 0 Å². The summed E-state index contributed by atoms with van der Waals surface area (Å²) in [4.78, 5) is 0. The SMILES string of the molecule is CC(C)C[C@@H](CN)CS(=O)(=O)O. The highest BCUT2D eigenvalue weighted by atomic mass is 32.2. The standard InChI is InChI=1S/C7H17NO3S/c1-6(2)3-7(4-8)5-12(9,10)11/h6-7H,3-5,8H2,1-2H3,(H,9,10,11)/t7-/m0/s1. The third kappa shape index (κ3) is 6.57. The van der Waals surface area contributed by atoms with Gasteiger partial charge in [-0.1, -0.05) is 13.8 Å². The zero-order chi connectivity index (χ0) is 9.78. The Labute approximate surface area is 73.9 Å². The minimum atomic E-state index is -3.86. The lowest BCUT2D eigenvalue weighted by Crippen LogP contribution is -2.24. The summed E-state index contributed by atoms with van der Waals surface area (Å²) in [6.07, 6.45) is 0.732.